The summed E-state index contributed by atoms with van der Waals surface area (Å²) < 4.78 is 27.3. The molecule has 0 aliphatic heterocycles. The highest BCUT2D eigenvalue weighted by atomic mass is 32.1. The van der Waals surface area contributed by atoms with E-state index in [9.17, 15) is 9.90 Å². The fourth-order valence-corrected chi connectivity index (χ4v) is 4.44. The van der Waals surface area contributed by atoms with Crippen molar-refractivity contribution >= 4 is 50.8 Å². The number of methoxy groups -OCH3 is 5. The van der Waals surface area contributed by atoms with Gasteiger partial charge in [0.25, 0.3) is 0 Å². The summed E-state index contributed by atoms with van der Waals surface area (Å²) in [5.74, 6) is 1.91. The minimum absolute atomic E-state index is 0.130. The molecule has 13 heteroatoms. The number of hydrogen-bond acceptors (Lipinski definition) is 12. The van der Waals surface area contributed by atoms with E-state index in [1.54, 1.807) is 31.2 Å². The van der Waals surface area contributed by atoms with Gasteiger partial charge in [-0.1, -0.05) is 11.3 Å². The van der Waals surface area contributed by atoms with Crippen LogP contribution in [0.2, 0.25) is 0 Å². The van der Waals surface area contributed by atoms with E-state index in [0.717, 1.165) is 11.3 Å². The molecular formula is C24H25N5O7S. The molecule has 4 aromatic rings. The number of ether oxygens (including phenoxy) is 5. The van der Waals surface area contributed by atoms with Gasteiger partial charge in [-0.3, -0.25) is 5.32 Å². The van der Waals surface area contributed by atoms with Gasteiger partial charge in [-0.2, -0.15) is 4.98 Å². The monoisotopic (exact) mass is 527 g/mol. The normalized spacial score (nSPS) is 10.6. The van der Waals surface area contributed by atoms with Gasteiger partial charge in [0, 0.05) is 29.3 Å². The first-order valence-electron chi connectivity index (χ1n) is 10.8. The minimum atomic E-state index is -1.05. The molecule has 0 fully saturated rings. The summed E-state index contributed by atoms with van der Waals surface area (Å²) in [6.07, 6.45) is 0. The van der Waals surface area contributed by atoms with Crippen LogP contribution in [-0.2, 0) is 0 Å². The van der Waals surface area contributed by atoms with Gasteiger partial charge in [0.1, 0.15) is 10.7 Å². The van der Waals surface area contributed by atoms with Crippen LogP contribution in [0.4, 0.5) is 22.6 Å². The Hall–Kier alpha value is -4.52. The molecule has 0 unspecified atom stereocenters. The molecule has 37 heavy (non-hydrogen) atoms. The fourth-order valence-electron chi connectivity index (χ4n) is 3.64. The number of carbonyl (C=O) groups is 1. The largest absolute Gasteiger partial charge is 0.493 e. The Morgan fingerprint density at radius 1 is 0.811 bits per heavy atom. The lowest BCUT2D eigenvalue weighted by atomic mass is 10.2. The number of aromatic carboxylic acids is 1. The van der Waals surface area contributed by atoms with E-state index >= 15 is 0 Å². The number of anilines is 4. The van der Waals surface area contributed by atoms with Crippen molar-refractivity contribution in [3.8, 4) is 28.7 Å². The number of nitrogens with one attached hydrogen (secondary N) is 2. The number of fused-ring (bicyclic) bond motifs is 1. The van der Waals surface area contributed by atoms with Gasteiger partial charge >= 0.3 is 5.97 Å². The fraction of sp³-hybridized carbons (Fsp3) is 0.250. The number of carboxylic acid groups (broad SMARTS) is 1. The standard InChI is InChI=1S/C24H25N5O7S/c1-11-20(22(30)31)37-24(25-11)29-23-27-14-10-16(33-3)15(32-2)9-13(14)21(28-23)26-12-7-17(34-4)19(36-6)18(8-12)35-5/h7-10H,1-6H3,(H,30,31)(H2,25,26,27,28,29). The number of benzene rings is 2. The Morgan fingerprint density at radius 2 is 1.43 bits per heavy atom. The molecule has 0 radical (unpaired) electrons. The Bertz CT molecular complexity index is 1450. The smallest absolute Gasteiger partial charge is 0.347 e. The zero-order valence-electron chi connectivity index (χ0n) is 21.0. The quantitative estimate of drug-likeness (QED) is 0.264. The SMILES string of the molecule is COc1cc2nc(Nc3nc(C)c(C(=O)O)s3)nc(Nc3cc(OC)c(OC)c(OC)c3)c2cc1OC. The Labute approximate surface area is 216 Å². The lowest BCUT2D eigenvalue weighted by molar-refractivity contribution is 0.0701. The highest BCUT2D eigenvalue weighted by molar-refractivity contribution is 7.17. The first-order chi connectivity index (χ1) is 17.8. The number of aryl methyl sites for hydroxylation is 1. The highest BCUT2D eigenvalue weighted by Gasteiger charge is 2.19. The molecule has 2 heterocycles. The van der Waals surface area contributed by atoms with Crippen molar-refractivity contribution in [3.63, 3.8) is 0 Å². The lowest BCUT2D eigenvalue weighted by Gasteiger charge is -2.17. The van der Waals surface area contributed by atoms with E-state index in [1.165, 1.54) is 35.5 Å². The maximum Gasteiger partial charge on any atom is 0.347 e. The van der Waals surface area contributed by atoms with Crippen LogP contribution in [0.3, 0.4) is 0 Å². The summed E-state index contributed by atoms with van der Waals surface area (Å²) >= 11 is 0.992. The van der Waals surface area contributed by atoms with E-state index in [1.807, 2.05) is 0 Å². The van der Waals surface area contributed by atoms with Crippen molar-refractivity contribution in [2.24, 2.45) is 0 Å². The summed E-state index contributed by atoms with van der Waals surface area (Å²) in [6.45, 7) is 1.63. The Balaban J connectivity index is 1.85. The third kappa shape index (κ3) is 5.07. The zero-order valence-corrected chi connectivity index (χ0v) is 21.8. The van der Waals surface area contributed by atoms with Gasteiger partial charge in [-0.25, -0.2) is 14.8 Å². The maximum atomic E-state index is 11.4. The van der Waals surface area contributed by atoms with E-state index in [2.05, 4.69) is 25.6 Å². The molecule has 4 rings (SSSR count). The summed E-state index contributed by atoms with van der Waals surface area (Å²) in [6, 6.07) is 6.96. The van der Waals surface area contributed by atoms with Crippen LogP contribution in [-0.4, -0.2) is 61.6 Å². The summed E-state index contributed by atoms with van der Waals surface area (Å²) in [5, 5.41) is 16.6. The molecule has 0 saturated heterocycles. The second-order valence-corrected chi connectivity index (χ2v) is 8.52. The molecule has 0 amide bonds. The molecule has 0 bridgehead atoms. The summed E-state index contributed by atoms with van der Waals surface area (Å²) in [5.41, 5.74) is 1.54. The number of nitrogens with zero attached hydrogens (tertiary/aromatic N) is 3. The first kappa shape index (κ1) is 25.6. The number of thiazole rings is 1. The number of rotatable bonds is 10. The van der Waals surface area contributed by atoms with Gasteiger partial charge in [0.05, 0.1) is 46.8 Å². The van der Waals surface area contributed by atoms with Crippen molar-refractivity contribution < 1.29 is 33.6 Å². The molecule has 0 atom stereocenters. The summed E-state index contributed by atoms with van der Waals surface area (Å²) in [4.78, 5) is 25.1. The van der Waals surface area contributed by atoms with Crippen LogP contribution in [0.25, 0.3) is 10.9 Å². The van der Waals surface area contributed by atoms with E-state index < -0.39 is 5.97 Å². The third-order valence-electron chi connectivity index (χ3n) is 5.34. The van der Waals surface area contributed by atoms with Gasteiger partial charge < -0.3 is 34.1 Å². The van der Waals surface area contributed by atoms with Crippen molar-refractivity contribution in [2.45, 2.75) is 6.92 Å². The van der Waals surface area contributed by atoms with Crippen LogP contribution in [0.5, 0.6) is 28.7 Å². The van der Waals surface area contributed by atoms with Gasteiger partial charge in [0.2, 0.25) is 11.7 Å². The first-order valence-corrected chi connectivity index (χ1v) is 11.6. The van der Waals surface area contributed by atoms with Crippen LogP contribution >= 0.6 is 11.3 Å². The Morgan fingerprint density at radius 3 is 1.97 bits per heavy atom. The van der Waals surface area contributed by atoms with Crippen LogP contribution in [0.1, 0.15) is 15.4 Å². The zero-order chi connectivity index (χ0) is 26.7. The van der Waals surface area contributed by atoms with Crippen LogP contribution in [0, 0.1) is 6.92 Å². The second kappa shape index (κ2) is 10.6. The maximum absolute atomic E-state index is 11.4. The van der Waals surface area contributed by atoms with E-state index in [4.69, 9.17) is 23.7 Å². The van der Waals surface area contributed by atoms with Gasteiger partial charge in [0.15, 0.2) is 28.1 Å². The summed E-state index contributed by atoms with van der Waals surface area (Å²) in [7, 11) is 7.66. The van der Waals surface area contributed by atoms with Crippen molar-refractivity contribution in [1.29, 1.82) is 0 Å². The third-order valence-corrected chi connectivity index (χ3v) is 6.40. The van der Waals surface area contributed by atoms with Crippen LogP contribution < -0.4 is 34.3 Å². The average molecular weight is 528 g/mol. The molecule has 0 spiro atoms. The number of hydrogen-bond donors (Lipinski definition) is 3. The Kier molecular flexibility index (Phi) is 7.34. The molecule has 194 valence electrons. The molecular weight excluding hydrogens is 502 g/mol. The van der Waals surface area contributed by atoms with Gasteiger partial charge in [-0.15, -0.1) is 0 Å². The molecule has 0 saturated carbocycles. The predicted octanol–water partition coefficient (Wildman–Crippen LogP) is 4.62. The van der Waals surface area contributed by atoms with Crippen molar-refractivity contribution in [2.75, 3.05) is 46.2 Å². The number of carboxylic acids is 1. The van der Waals surface area contributed by atoms with E-state index in [-0.39, 0.29) is 10.8 Å². The average Bonchev–Trinajstić information content (AvgIpc) is 3.27. The van der Waals surface area contributed by atoms with E-state index in [0.29, 0.717) is 62.0 Å². The molecule has 12 nitrogen and oxygen atoms in total. The van der Waals surface area contributed by atoms with Crippen molar-refractivity contribution in [3.05, 3.63) is 34.8 Å². The number of aromatic nitrogens is 3. The molecule has 0 aliphatic rings. The minimum Gasteiger partial charge on any atom is -0.493 e. The molecule has 0 aliphatic carbocycles. The second-order valence-electron chi connectivity index (χ2n) is 7.52. The highest BCUT2D eigenvalue weighted by Crippen LogP contribution is 2.42. The molecule has 2 aromatic heterocycles. The lowest BCUT2D eigenvalue weighted by Crippen LogP contribution is -2.04. The molecule has 2 aromatic carbocycles. The van der Waals surface area contributed by atoms with Gasteiger partial charge in [-0.05, 0) is 13.0 Å². The molecule has 3 N–H and O–H groups in total. The predicted molar refractivity (Wildman–Crippen MR) is 139 cm³/mol. The topological polar surface area (TPSA) is 146 Å². The van der Waals surface area contributed by atoms with Crippen molar-refractivity contribution in [1.82, 2.24) is 15.0 Å². The van der Waals surface area contributed by atoms with Crippen LogP contribution in [0.15, 0.2) is 24.3 Å².